The van der Waals surface area contributed by atoms with Crippen molar-refractivity contribution in [1.29, 1.82) is 0 Å². The second-order valence-corrected chi connectivity index (χ2v) is 6.21. The third kappa shape index (κ3) is 6.08. The van der Waals surface area contributed by atoms with Crippen LogP contribution in [0.5, 0.6) is 0 Å². The molecule has 4 nitrogen and oxygen atoms in total. The van der Waals surface area contributed by atoms with Gasteiger partial charge < -0.3 is 10.1 Å². The van der Waals surface area contributed by atoms with Gasteiger partial charge in [-0.1, -0.05) is 24.3 Å². The van der Waals surface area contributed by atoms with Crippen molar-refractivity contribution < 1.29 is 9.53 Å². The third-order valence-electron chi connectivity index (χ3n) is 3.61. The number of carbonyl (C=O) groups is 1. The highest BCUT2D eigenvalue weighted by molar-refractivity contribution is 7.99. The van der Waals surface area contributed by atoms with Crippen molar-refractivity contribution in [3.63, 3.8) is 0 Å². The molecule has 0 unspecified atom stereocenters. The van der Waals surface area contributed by atoms with E-state index in [1.807, 2.05) is 12.1 Å². The number of aryl methyl sites for hydroxylation is 1. The summed E-state index contributed by atoms with van der Waals surface area (Å²) in [6.45, 7) is 7.30. The summed E-state index contributed by atoms with van der Waals surface area (Å²) in [5.74, 6) is 1.54. The summed E-state index contributed by atoms with van der Waals surface area (Å²) in [6, 6.07) is 8.32. The van der Waals surface area contributed by atoms with E-state index in [0.29, 0.717) is 5.75 Å². The highest BCUT2D eigenvalue weighted by Gasteiger charge is 2.10. The van der Waals surface area contributed by atoms with Crippen LogP contribution < -0.4 is 5.32 Å². The van der Waals surface area contributed by atoms with Gasteiger partial charge in [0.1, 0.15) is 0 Å². The zero-order valence-corrected chi connectivity index (χ0v) is 13.5. The Morgan fingerprint density at radius 1 is 1.33 bits per heavy atom. The van der Waals surface area contributed by atoms with Crippen molar-refractivity contribution in [1.82, 2.24) is 10.2 Å². The molecule has 1 aliphatic heterocycles. The van der Waals surface area contributed by atoms with Crippen LogP contribution >= 0.6 is 11.8 Å². The zero-order chi connectivity index (χ0) is 14.9. The van der Waals surface area contributed by atoms with E-state index >= 15 is 0 Å². The Balaban J connectivity index is 1.56. The number of morpholine rings is 1. The van der Waals surface area contributed by atoms with Gasteiger partial charge in [0.05, 0.1) is 19.0 Å². The predicted octanol–water partition coefficient (Wildman–Crippen LogP) is 1.68. The molecule has 0 spiro atoms. The van der Waals surface area contributed by atoms with E-state index in [4.69, 9.17) is 4.74 Å². The van der Waals surface area contributed by atoms with Crippen LogP contribution in [0.4, 0.5) is 0 Å². The van der Waals surface area contributed by atoms with Crippen LogP contribution in [0.3, 0.4) is 0 Å². The fourth-order valence-electron chi connectivity index (χ4n) is 2.25. The lowest BCUT2D eigenvalue weighted by Gasteiger charge is -2.26. The Hall–Kier alpha value is -1.04. The van der Waals surface area contributed by atoms with E-state index in [1.54, 1.807) is 11.8 Å². The number of nitrogens with zero attached hydrogens (tertiary/aromatic N) is 1. The molecule has 1 aliphatic rings. The fraction of sp³-hybridized carbons (Fsp3) is 0.562. The van der Waals surface area contributed by atoms with Crippen molar-refractivity contribution in [2.24, 2.45) is 0 Å². The average molecular weight is 308 g/mol. The number of rotatable bonds is 7. The number of nitrogens with one attached hydrogen (secondary N) is 1. The quantitative estimate of drug-likeness (QED) is 0.832. The molecule has 1 saturated heterocycles. The zero-order valence-electron chi connectivity index (χ0n) is 12.6. The summed E-state index contributed by atoms with van der Waals surface area (Å²) in [6.07, 6.45) is 0. The van der Waals surface area contributed by atoms with Gasteiger partial charge in [0.2, 0.25) is 5.91 Å². The van der Waals surface area contributed by atoms with Crippen LogP contribution in [0.15, 0.2) is 24.3 Å². The molecule has 21 heavy (non-hydrogen) atoms. The van der Waals surface area contributed by atoms with Gasteiger partial charge in [-0.3, -0.25) is 9.69 Å². The molecular weight excluding hydrogens is 284 g/mol. The van der Waals surface area contributed by atoms with Crippen molar-refractivity contribution in [3.05, 3.63) is 35.4 Å². The van der Waals surface area contributed by atoms with Gasteiger partial charge in [-0.2, -0.15) is 0 Å². The lowest BCUT2D eigenvalue weighted by Crippen LogP contribution is -2.41. The molecule has 1 aromatic rings. The second-order valence-electron chi connectivity index (χ2n) is 5.22. The van der Waals surface area contributed by atoms with Gasteiger partial charge in [-0.05, 0) is 18.1 Å². The smallest absolute Gasteiger partial charge is 0.230 e. The van der Waals surface area contributed by atoms with Gasteiger partial charge in [0.15, 0.2) is 0 Å². The van der Waals surface area contributed by atoms with Crippen molar-refractivity contribution in [2.75, 3.05) is 45.1 Å². The minimum absolute atomic E-state index is 0.127. The first-order valence-electron chi connectivity index (χ1n) is 7.45. The topological polar surface area (TPSA) is 41.6 Å². The van der Waals surface area contributed by atoms with Crippen LogP contribution in [0.2, 0.25) is 0 Å². The number of benzene rings is 1. The van der Waals surface area contributed by atoms with Crippen molar-refractivity contribution in [3.8, 4) is 0 Å². The summed E-state index contributed by atoms with van der Waals surface area (Å²) in [4.78, 5) is 14.1. The van der Waals surface area contributed by atoms with Crippen molar-refractivity contribution >= 4 is 17.7 Å². The van der Waals surface area contributed by atoms with Crippen LogP contribution in [-0.4, -0.2) is 56.0 Å². The Labute approximate surface area is 131 Å². The summed E-state index contributed by atoms with van der Waals surface area (Å²) >= 11 is 1.67. The lowest BCUT2D eigenvalue weighted by molar-refractivity contribution is -0.118. The van der Waals surface area contributed by atoms with Crippen LogP contribution in [0.25, 0.3) is 0 Å². The van der Waals surface area contributed by atoms with Crippen LogP contribution in [-0.2, 0) is 15.3 Å². The molecule has 0 aliphatic carbocycles. The molecule has 0 saturated carbocycles. The van der Waals surface area contributed by atoms with Gasteiger partial charge in [-0.15, -0.1) is 11.8 Å². The first kappa shape index (κ1) is 16.3. The molecule has 1 aromatic carbocycles. The highest BCUT2D eigenvalue weighted by Crippen LogP contribution is 2.15. The SMILES string of the molecule is Cc1ccccc1CSCC(=O)NCCN1CCOCC1. The third-order valence-corrected chi connectivity index (χ3v) is 4.59. The first-order valence-corrected chi connectivity index (χ1v) is 8.60. The Morgan fingerprint density at radius 2 is 2.10 bits per heavy atom. The monoisotopic (exact) mass is 308 g/mol. The molecular formula is C16H24N2O2S. The minimum atomic E-state index is 0.127. The summed E-state index contributed by atoms with van der Waals surface area (Å²) in [5.41, 5.74) is 2.60. The van der Waals surface area contributed by atoms with E-state index in [-0.39, 0.29) is 5.91 Å². The maximum Gasteiger partial charge on any atom is 0.230 e. The average Bonchev–Trinajstić information content (AvgIpc) is 2.50. The molecule has 1 heterocycles. The van der Waals surface area contributed by atoms with E-state index in [1.165, 1.54) is 11.1 Å². The fourth-order valence-corrected chi connectivity index (χ4v) is 3.19. The molecule has 2 rings (SSSR count). The van der Waals surface area contributed by atoms with E-state index in [2.05, 4.69) is 29.3 Å². The Kier molecular flexibility index (Phi) is 7.06. The second kappa shape index (κ2) is 9.07. The standard InChI is InChI=1S/C16H24N2O2S/c1-14-4-2-3-5-15(14)12-21-13-16(19)17-6-7-18-8-10-20-11-9-18/h2-5H,6-13H2,1H3,(H,17,19). The predicted molar refractivity (Wildman–Crippen MR) is 87.6 cm³/mol. The van der Waals surface area contributed by atoms with Crippen LogP contribution in [0, 0.1) is 6.92 Å². The van der Waals surface area contributed by atoms with E-state index in [9.17, 15) is 4.79 Å². The molecule has 5 heteroatoms. The van der Waals surface area contributed by atoms with Gasteiger partial charge >= 0.3 is 0 Å². The number of carbonyl (C=O) groups excluding carboxylic acids is 1. The highest BCUT2D eigenvalue weighted by atomic mass is 32.2. The number of hydrogen-bond acceptors (Lipinski definition) is 4. The largest absolute Gasteiger partial charge is 0.379 e. The molecule has 1 fully saturated rings. The van der Waals surface area contributed by atoms with Gasteiger partial charge in [-0.25, -0.2) is 0 Å². The number of ether oxygens (including phenoxy) is 1. The van der Waals surface area contributed by atoms with Gasteiger partial charge in [0.25, 0.3) is 0 Å². The van der Waals surface area contributed by atoms with E-state index in [0.717, 1.165) is 45.1 Å². The maximum absolute atomic E-state index is 11.8. The minimum Gasteiger partial charge on any atom is -0.379 e. The molecule has 1 N–H and O–H groups in total. The van der Waals surface area contributed by atoms with E-state index < -0.39 is 0 Å². The normalized spacial score (nSPS) is 15.9. The molecule has 116 valence electrons. The Bertz CT molecular complexity index is 448. The number of amides is 1. The Morgan fingerprint density at radius 3 is 2.86 bits per heavy atom. The maximum atomic E-state index is 11.8. The summed E-state index contributed by atoms with van der Waals surface area (Å²) < 4.78 is 5.30. The summed E-state index contributed by atoms with van der Waals surface area (Å²) in [7, 11) is 0. The molecule has 0 bridgehead atoms. The molecule has 0 atom stereocenters. The molecule has 0 radical (unpaired) electrons. The lowest BCUT2D eigenvalue weighted by atomic mass is 10.1. The summed E-state index contributed by atoms with van der Waals surface area (Å²) in [5, 5.41) is 2.99. The van der Waals surface area contributed by atoms with Gasteiger partial charge in [0, 0.05) is 31.9 Å². The van der Waals surface area contributed by atoms with Crippen LogP contribution in [0.1, 0.15) is 11.1 Å². The number of hydrogen-bond donors (Lipinski definition) is 1. The molecule has 1 amide bonds. The number of thioether (sulfide) groups is 1. The molecule has 0 aromatic heterocycles. The first-order chi connectivity index (χ1) is 10.3. The van der Waals surface area contributed by atoms with Crippen molar-refractivity contribution in [2.45, 2.75) is 12.7 Å².